The molecule has 1 unspecified atom stereocenters. The Bertz CT molecular complexity index is 1640. The second-order valence-corrected chi connectivity index (χ2v) is 16.3. The topological polar surface area (TPSA) is 198 Å². The molecule has 7 rings (SSSR count). The zero-order valence-electron chi connectivity index (χ0n) is 30.2. The normalized spacial score (nSPS) is 48.2. The van der Waals surface area contributed by atoms with E-state index in [1.807, 2.05) is 20.8 Å². The van der Waals surface area contributed by atoms with Crippen LogP contribution in [-0.2, 0) is 52.4 Å². The van der Waals surface area contributed by atoms with Crippen molar-refractivity contribution in [3.05, 3.63) is 24.2 Å². The van der Waals surface area contributed by atoms with Gasteiger partial charge in [-0.2, -0.15) is 0 Å². The number of carbonyl (C=O) groups excluding carboxylic acids is 5. The van der Waals surface area contributed by atoms with Gasteiger partial charge in [0.05, 0.1) is 36.6 Å². The number of hydrogen-bond acceptors (Lipinski definition) is 14. The van der Waals surface area contributed by atoms with Crippen LogP contribution in [0.4, 0.5) is 0 Å². The number of epoxide rings is 1. The molecule has 51 heavy (non-hydrogen) atoms. The van der Waals surface area contributed by atoms with E-state index in [1.165, 1.54) is 13.2 Å². The molecule has 2 aliphatic heterocycles. The van der Waals surface area contributed by atoms with Crippen molar-refractivity contribution >= 4 is 29.7 Å². The van der Waals surface area contributed by atoms with Crippen LogP contribution in [-0.4, -0.2) is 95.0 Å². The highest BCUT2D eigenvalue weighted by Crippen LogP contribution is 2.83. The zero-order chi connectivity index (χ0) is 37.2. The number of ether oxygens (including phenoxy) is 6. The molecule has 14 nitrogen and oxygen atoms in total. The number of furan rings is 1. The van der Waals surface area contributed by atoms with Gasteiger partial charge in [0.2, 0.25) is 6.29 Å². The van der Waals surface area contributed by atoms with Crippen molar-refractivity contribution in [2.24, 2.45) is 39.4 Å². The van der Waals surface area contributed by atoms with Gasteiger partial charge in [0, 0.05) is 48.9 Å². The Labute approximate surface area is 295 Å². The van der Waals surface area contributed by atoms with Crippen molar-refractivity contribution in [2.75, 3.05) is 6.61 Å². The maximum Gasteiger partial charge on any atom is 0.310 e. The van der Waals surface area contributed by atoms with Crippen molar-refractivity contribution in [1.29, 1.82) is 0 Å². The fourth-order valence-electron chi connectivity index (χ4n) is 11.9. The molecule has 2 N–H and O–H groups in total. The van der Waals surface area contributed by atoms with E-state index in [-0.39, 0.29) is 18.9 Å². The Morgan fingerprint density at radius 2 is 1.63 bits per heavy atom. The number of carbonyl (C=O) groups is 5. The number of ketones is 1. The smallest absolute Gasteiger partial charge is 0.310 e. The van der Waals surface area contributed by atoms with E-state index in [0.29, 0.717) is 12.8 Å². The van der Waals surface area contributed by atoms with Gasteiger partial charge in [0.15, 0.2) is 18.0 Å². The first-order chi connectivity index (χ1) is 23.9. The Morgan fingerprint density at radius 1 is 0.961 bits per heavy atom. The molecule has 4 aliphatic carbocycles. The second kappa shape index (κ2) is 11.6. The van der Waals surface area contributed by atoms with Crippen LogP contribution >= 0.6 is 0 Å². The highest BCUT2D eigenvalue weighted by Gasteiger charge is 2.93. The van der Waals surface area contributed by atoms with E-state index >= 15 is 4.79 Å². The molecule has 1 spiro atoms. The minimum Gasteiger partial charge on any atom is -0.472 e. The Kier molecular flexibility index (Phi) is 8.19. The molecule has 6 aliphatic rings. The maximum absolute atomic E-state index is 15.3. The second-order valence-electron chi connectivity index (χ2n) is 16.3. The lowest BCUT2D eigenvalue weighted by Crippen LogP contribution is -2.84. The average Bonchev–Trinajstić information content (AvgIpc) is 3.42. The van der Waals surface area contributed by atoms with E-state index < -0.39 is 118 Å². The molecule has 4 saturated carbocycles. The number of esters is 4. The van der Waals surface area contributed by atoms with E-state index in [0.717, 1.165) is 19.4 Å². The van der Waals surface area contributed by atoms with Gasteiger partial charge in [-0.15, -0.1) is 0 Å². The van der Waals surface area contributed by atoms with Crippen LogP contribution in [0.2, 0.25) is 0 Å². The fourth-order valence-corrected chi connectivity index (χ4v) is 11.9. The minimum atomic E-state index is -1.70. The summed E-state index contributed by atoms with van der Waals surface area (Å²) in [7, 11) is 0. The molecule has 3 heterocycles. The standard InChI is InChI=1S/C37H48O14/c1-9-16(2)31(44)50-32-33(6)22-13-23(47-17(3)38)35(8)27(36(22,15-46-32)29(43)26(48-18(4)39)30(33)49-19(5)40)25(41)28(42)34(7)21(20-10-11-45-14-20)12-24-37(34,35)51-24/h10-11,14,16,21-24,26-30,32,42-43H,9,12-13,15H2,1-8H3/t16-,21+,22+,23-,24-,26-,27?,28-,29+,30-,32-,33-,34-,35-,36+,37-/m1/s1. The van der Waals surface area contributed by atoms with Gasteiger partial charge in [-0.1, -0.05) is 27.7 Å². The molecule has 2 saturated heterocycles. The molecule has 2 bridgehead atoms. The number of aliphatic hydroxyl groups excluding tert-OH is 2. The van der Waals surface area contributed by atoms with Crippen molar-refractivity contribution in [1.82, 2.24) is 0 Å². The SMILES string of the molecule is CC[C@@H](C)C(=O)O[C@H]1OC[C@@]23C4C(=O)[C@@H](O)[C@@]5(C)[C@H](c6ccoc6)C[C@H]6O[C@]65[C@]4(C)[C@H](OC(C)=O)C[C@H]2[C@]1(C)[C@H](OC(C)=O)[C@H](OC(C)=O)[C@@H]3O. The predicted molar refractivity (Wildman–Crippen MR) is 171 cm³/mol. The summed E-state index contributed by atoms with van der Waals surface area (Å²) in [5, 5.41) is 25.0. The van der Waals surface area contributed by atoms with E-state index in [2.05, 4.69) is 0 Å². The monoisotopic (exact) mass is 716 g/mol. The number of hydrogen-bond donors (Lipinski definition) is 2. The number of aliphatic hydroxyl groups is 2. The van der Waals surface area contributed by atoms with Crippen LogP contribution in [0, 0.1) is 39.4 Å². The fraction of sp³-hybridized carbons (Fsp3) is 0.757. The molecule has 6 fully saturated rings. The summed E-state index contributed by atoms with van der Waals surface area (Å²) in [6.45, 7) is 12.0. The average molecular weight is 717 g/mol. The van der Waals surface area contributed by atoms with Crippen LogP contribution in [0.1, 0.15) is 86.1 Å². The summed E-state index contributed by atoms with van der Waals surface area (Å²) in [4.78, 5) is 67.1. The van der Waals surface area contributed by atoms with Crippen molar-refractivity contribution in [3.8, 4) is 0 Å². The van der Waals surface area contributed by atoms with Gasteiger partial charge in [0.1, 0.15) is 23.9 Å². The third-order valence-corrected chi connectivity index (χ3v) is 14.1. The van der Waals surface area contributed by atoms with E-state index in [4.69, 9.17) is 32.8 Å². The highest BCUT2D eigenvalue weighted by atomic mass is 16.7. The van der Waals surface area contributed by atoms with Crippen LogP contribution in [0.3, 0.4) is 0 Å². The summed E-state index contributed by atoms with van der Waals surface area (Å²) in [5.74, 6) is -6.50. The van der Waals surface area contributed by atoms with Gasteiger partial charge in [-0.3, -0.25) is 24.0 Å². The van der Waals surface area contributed by atoms with Crippen LogP contribution in [0.25, 0.3) is 0 Å². The first-order valence-corrected chi connectivity index (χ1v) is 17.8. The largest absolute Gasteiger partial charge is 0.472 e. The van der Waals surface area contributed by atoms with Gasteiger partial charge in [-0.05, 0) is 43.7 Å². The molecule has 14 heteroatoms. The molecule has 1 aromatic rings. The minimum absolute atomic E-state index is 0.000893. The number of rotatable bonds is 7. The molecule has 16 atom stereocenters. The Morgan fingerprint density at radius 3 is 2.22 bits per heavy atom. The van der Waals surface area contributed by atoms with Crippen molar-refractivity contribution < 1.29 is 67.0 Å². The van der Waals surface area contributed by atoms with Crippen molar-refractivity contribution in [2.45, 2.75) is 129 Å². The maximum atomic E-state index is 15.3. The first kappa shape index (κ1) is 36.0. The van der Waals surface area contributed by atoms with Crippen molar-refractivity contribution in [3.63, 3.8) is 0 Å². The van der Waals surface area contributed by atoms with Gasteiger partial charge in [-0.25, -0.2) is 0 Å². The number of fused-ring (bicyclic) bond motifs is 1. The molecule has 280 valence electrons. The number of Topliss-reactive ketones (excluding diaryl/α,β-unsaturated/α-hetero) is 1. The van der Waals surface area contributed by atoms with E-state index in [1.54, 1.807) is 26.2 Å². The predicted octanol–water partition coefficient (Wildman–Crippen LogP) is 2.60. The summed E-state index contributed by atoms with van der Waals surface area (Å²) in [5.41, 5.74) is -6.24. The summed E-state index contributed by atoms with van der Waals surface area (Å²) in [6, 6.07) is 1.80. The Hall–Kier alpha value is -3.33. The van der Waals surface area contributed by atoms with Crippen LogP contribution < -0.4 is 0 Å². The highest BCUT2D eigenvalue weighted by molar-refractivity contribution is 5.91. The first-order valence-electron chi connectivity index (χ1n) is 17.8. The van der Waals surface area contributed by atoms with Gasteiger partial charge >= 0.3 is 23.9 Å². The molecule has 1 aromatic heterocycles. The summed E-state index contributed by atoms with van der Waals surface area (Å²) in [6.07, 6.45) is -5.15. The molecular weight excluding hydrogens is 668 g/mol. The third-order valence-electron chi connectivity index (χ3n) is 14.1. The third kappa shape index (κ3) is 4.33. The Balaban J connectivity index is 1.46. The van der Waals surface area contributed by atoms with Gasteiger partial charge < -0.3 is 43.1 Å². The van der Waals surface area contributed by atoms with Gasteiger partial charge in [0.25, 0.3) is 0 Å². The molecule has 0 radical (unpaired) electrons. The molecule has 0 aromatic carbocycles. The molecular formula is C37H48O14. The lowest BCUT2D eigenvalue weighted by molar-refractivity contribution is -0.391. The van der Waals surface area contributed by atoms with E-state index in [9.17, 15) is 29.4 Å². The lowest BCUT2D eigenvalue weighted by atomic mass is 9.33. The van der Waals surface area contributed by atoms with Crippen LogP contribution in [0.15, 0.2) is 23.0 Å². The quantitative estimate of drug-likeness (QED) is 0.237. The summed E-state index contributed by atoms with van der Waals surface area (Å²) >= 11 is 0. The zero-order valence-corrected chi connectivity index (χ0v) is 30.2. The van der Waals surface area contributed by atoms with Crippen LogP contribution in [0.5, 0.6) is 0 Å². The molecule has 0 amide bonds. The lowest BCUT2D eigenvalue weighted by Gasteiger charge is -2.73. The summed E-state index contributed by atoms with van der Waals surface area (Å²) < 4.78 is 42.4.